The molecule has 2 fully saturated rings. The van der Waals surface area contributed by atoms with Crippen molar-refractivity contribution in [1.29, 1.82) is 0 Å². The van der Waals surface area contributed by atoms with E-state index in [-0.39, 0.29) is 41.4 Å². The highest BCUT2D eigenvalue weighted by atomic mass is 19.3. The summed E-state index contributed by atoms with van der Waals surface area (Å²) in [6.45, 7) is 1.16. The molecule has 27 heavy (non-hydrogen) atoms. The van der Waals surface area contributed by atoms with E-state index in [1.807, 2.05) is 17.1 Å². The molecule has 0 N–H and O–H groups in total. The zero-order valence-electron chi connectivity index (χ0n) is 14.5. The predicted octanol–water partition coefficient (Wildman–Crippen LogP) is 2.11. The van der Waals surface area contributed by atoms with Crippen molar-refractivity contribution in [1.82, 2.24) is 24.5 Å². The van der Waals surface area contributed by atoms with Gasteiger partial charge in [-0.05, 0) is 25.3 Å². The zero-order chi connectivity index (χ0) is 18.5. The number of halogens is 2. The van der Waals surface area contributed by atoms with Crippen molar-refractivity contribution >= 4 is 11.7 Å². The van der Waals surface area contributed by atoms with E-state index in [0.29, 0.717) is 18.8 Å². The molecule has 0 spiro atoms. The summed E-state index contributed by atoms with van der Waals surface area (Å²) in [5.41, 5.74) is 0.329. The van der Waals surface area contributed by atoms with E-state index in [1.54, 1.807) is 0 Å². The Morgan fingerprint density at radius 1 is 1.33 bits per heavy atom. The van der Waals surface area contributed by atoms with Crippen LogP contribution >= 0.6 is 0 Å². The van der Waals surface area contributed by atoms with Crippen LogP contribution in [0.2, 0.25) is 0 Å². The molecule has 0 aliphatic carbocycles. The van der Waals surface area contributed by atoms with Crippen molar-refractivity contribution in [2.75, 3.05) is 13.1 Å². The van der Waals surface area contributed by atoms with E-state index in [0.717, 1.165) is 23.8 Å². The quantitative estimate of drug-likeness (QED) is 0.769. The average Bonchev–Trinajstić information content (AvgIpc) is 3.42. The van der Waals surface area contributed by atoms with Gasteiger partial charge in [-0.2, -0.15) is 14.6 Å². The minimum Gasteiger partial charge on any atom is -0.366 e. The Morgan fingerprint density at radius 3 is 2.96 bits per heavy atom. The van der Waals surface area contributed by atoms with Crippen molar-refractivity contribution in [3.63, 3.8) is 0 Å². The van der Waals surface area contributed by atoms with Gasteiger partial charge in [0.05, 0.1) is 23.8 Å². The largest absolute Gasteiger partial charge is 0.366 e. The van der Waals surface area contributed by atoms with Gasteiger partial charge in [-0.1, -0.05) is 12.2 Å². The van der Waals surface area contributed by atoms with E-state index in [9.17, 15) is 13.6 Å². The normalized spacial score (nSPS) is 30.0. The lowest BCUT2D eigenvalue weighted by atomic mass is 9.89. The van der Waals surface area contributed by atoms with Gasteiger partial charge in [0.2, 0.25) is 5.91 Å². The molecule has 0 unspecified atom stereocenters. The summed E-state index contributed by atoms with van der Waals surface area (Å²) in [5.74, 6) is 0.0336. The van der Waals surface area contributed by atoms with E-state index in [1.165, 1.54) is 12.4 Å². The van der Waals surface area contributed by atoms with E-state index in [2.05, 4.69) is 15.1 Å². The van der Waals surface area contributed by atoms with Crippen LogP contribution in [0.1, 0.15) is 43.0 Å². The number of hydrogen-bond acceptors (Lipinski definition) is 5. The highest BCUT2D eigenvalue weighted by Crippen LogP contribution is 2.36. The molecule has 0 radical (unpaired) electrons. The van der Waals surface area contributed by atoms with Crippen molar-refractivity contribution in [2.45, 2.75) is 43.8 Å². The topological polar surface area (TPSA) is 72.6 Å². The first-order valence-electron chi connectivity index (χ1n) is 9.21. The lowest BCUT2D eigenvalue weighted by Crippen LogP contribution is -2.44. The van der Waals surface area contributed by atoms with Crippen molar-refractivity contribution in [3.05, 3.63) is 35.9 Å². The maximum absolute atomic E-state index is 13.4. The van der Waals surface area contributed by atoms with Gasteiger partial charge in [-0.25, -0.2) is 13.8 Å². The van der Waals surface area contributed by atoms with E-state index in [4.69, 9.17) is 4.74 Å². The van der Waals surface area contributed by atoms with Gasteiger partial charge >= 0.3 is 0 Å². The van der Waals surface area contributed by atoms with Crippen molar-refractivity contribution in [2.24, 2.45) is 5.92 Å². The minimum atomic E-state index is -2.67. The molecule has 0 aromatic carbocycles. The summed E-state index contributed by atoms with van der Waals surface area (Å²) >= 11 is 0. The second kappa shape index (κ2) is 6.33. The smallest absolute Gasteiger partial charge is 0.280 e. The SMILES string of the molecule is O=C([C@@H]1C[C@H]2C=C[C@H]1O2)N1CCC[C@@H](c2cc(C(F)F)n3ncnc3n2)C1. The first-order chi connectivity index (χ1) is 13.1. The third-order valence-corrected chi connectivity index (χ3v) is 5.72. The van der Waals surface area contributed by atoms with Gasteiger partial charge in [-0.15, -0.1) is 0 Å². The van der Waals surface area contributed by atoms with Gasteiger partial charge < -0.3 is 9.64 Å². The molecule has 2 aromatic rings. The molecule has 2 bridgehead atoms. The summed E-state index contributed by atoms with van der Waals surface area (Å²) in [6.07, 6.45) is 4.79. The van der Waals surface area contributed by atoms with Crippen LogP contribution in [0.3, 0.4) is 0 Å². The standard InChI is InChI=1S/C18H19F2N5O2/c19-16(20)14-7-13(23-18-21-9-22-25(14)18)10-2-1-5-24(8-10)17(26)12-6-11-3-4-15(12)27-11/h3-4,7,9-12,15-16H,1-2,5-6,8H2/t10-,11-,12-,15-/m1/s1. The summed E-state index contributed by atoms with van der Waals surface area (Å²) in [7, 11) is 0. The molecule has 9 heteroatoms. The number of hydrogen-bond donors (Lipinski definition) is 0. The van der Waals surface area contributed by atoms with Crippen LogP contribution < -0.4 is 0 Å². The molecule has 3 aliphatic rings. The molecule has 4 atom stereocenters. The number of alkyl halides is 2. The van der Waals surface area contributed by atoms with Crippen molar-refractivity contribution < 1.29 is 18.3 Å². The maximum Gasteiger partial charge on any atom is 0.280 e. The predicted molar refractivity (Wildman–Crippen MR) is 90.2 cm³/mol. The second-order valence-electron chi connectivity index (χ2n) is 7.37. The number of carbonyl (C=O) groups excluding carboxylic acids is 1. The van der Waals surface area contributed by atoms with Crippen LogP contribution in [0.5, 0.6) is 0 Å². The monoisotopic (exact) mass is 375 g/mol. The number of nitrogens with zero attached hydrogens (tertiary/aromatic N) is 5. The molecule has 0 saturated carbocycles. The first kappa shape index (κ1) is 16.7. The molecular weight excluding hydrogens is 356 g/mol. The van der Waals surface area contributed by atoms with Gasteiger partial charge in [0, 0.05) is 19.0 Å². The number of amides is 1. The number of rotatable bonds is 3. The van der Waals surface area contributed by atoms with Gasteiger partial charge in [0.1, 0.15) is 12.0 Å². The highest BCUT2D eigenvalue weighted by molar-refractivity contribution is 5.80. The lowest BCUT2D eigenvalue weighted by Gasteiger charge is -2.35. The third-order valence-electron chi connectivity index (χ3n) is 5.72. The fraction of sp³-hybridized carbons (Fsp3) is 0.556. The fourth-order valence-corrected chi connectivity index (χ4v) is 4.39. The highest BCUT2D eigenvalue weighted by Gasteiger charge is 2.43. The van der Waals surface area contributed by atoms with Gasteiger partial charge in [0.15, 0.2) is 0 Å². The Kier molecular flexibility index (Phi) is 3.92. The molecule has 3 aliphatic heterocycles. The summed E-state index contributed by atoms with van der Waals surface area (Å²) in [5, 5.41) is 3.82. The summed E-state index contributed by atoms with van der Waals surface area (Å²) in [6, 6.07) is 1.40. The number of fused-ring (bicyclic) bond motifs is 3. The first-order valence-corrected chi connectivity index (χ1v) is 9.21. The number of carbonyl (C=O) groups is 1. The number of piperidine rings is 1. The molecule has 7 nitrogen and oxygen atoms in total. The molecule has 1 amide bonds. The van der Waals surface area contributed by atoms with Crippen LogP contribution in [0.4, 0.5) is 8.78 Å². The fourth-order valence-electron chi connectivity index (χ4n) is 4.39. The van der Waals surface area contributed by atoms with Crippen LogP contribution in [0, 0.1) is 5.92 Å². The second-order valence-corrected chi connectivity index (χ2v) is 7.37. The lowest BCUT2D eigenvalue weighted by molar-refractivity contribution is -0.137. The summed E-state index contributed by atoms with van der Waals surface area (Å²) < 4.78 is 33.6. The molecular formula is C18H19F2N5O2. The number of ether oxygens (including phenoxy) is 1. The van der Waals surface area contributed by atoms with Crippen LogP contribution in [-0.4, -0.2) is 55.7 Å². The number of likely N-dealkylation sites (tertiary alicyclic amines) is 1. The Balaban J connectivity index is 1.39. The minimum absolute atomic E-state index is 0.0511. The Morgan fingerprint density at radius 2 is 2.22 bits per heavy atom. The Bertz CT molecular complexity index is 914. The number of aromatic nitrogens is 4. The Hall–Kier alpha value is -2.42. The van der Waals surface area contributed by atoms with Crippen LogP contribution in [0.15, 0.2) is 24.5 Å². The van der Waals surface area contributed by atoms with Gasteiger partial charge in [0.25, 0.3) is 12.2 Å². The van der Waals surface area contributed by atoms with E-state index < -0.39 is 6.43 Å². The van der Waals surface area contributed by atoms with Gasteiger partial charge in [-0.3, -0.25) is 4.79 Å². The molecule has 2 aromatic heterocycles. The zero-order valence-corrected chi connectivity index (χ0v) is 14.5. The average molecular weight is 375 g/mol. The molecule has 2 saturated heterocycles. The van der Waals surface area contributed by atoms with E-state index >= 15 is 0 Å². The van der Waals surface area contributed by atoms with Crippen LogP contribution in [0.25, 0.3) is 5.78 Å². The maximum atomic E-state index is 13.4. The van der Waals surface area contributed by atoms with Crippen molar-refractivity contribution in [3.8, 4) is 0 Å². The third kappa shape index (κ3) is 2.80. The molecule has 142 valence electrons. The summed E-state index contributed by atoms with van der Waals surface area (Å²) in [4.78, 5) is 23.2. The molecule has 5 heterocycles. The molecule has 5 rings (SSSR count). The van der Waals surface area contributed by atoms with Crippen LogP contribution in [-0.2, 0) is 9.53 Å². The Labute approximate surface area is 154 Å².